The smallest absolute Gasteiger partial charge is 0.264 e. The lowest BCUT2D eigenvalue weighted by molar-refractivity contribution is -0.449. The first-order chi connectivity index (χ1) is 7.54. The highest BCUT2D eigenvalue weighted by molar-refractivity contribution is 7.85. The summed E-state index contributed by atoms with van der Waals surface area (Å²) in [6.07, 6.45) is 2.02. The summed E-state index contributed by atoms with van der Waals surface area (Å²) in [5.74, 6) is 0.125. The second-order valence-corrected chi connectivity index (χ2v) is 7.88. The molecule has 0 aliphatic carbocycles. The molecule has 3 heterocycles. The van der Waals surface area contributed by atoms with E-state index in [1.807, 2.05) is 5.06 Å². The van der Waals surface area contributed by atoms with Crippen molar-refractivity contribution in [1.82, 2.24) is 5.06 Å². The van der Waals surface area contributed by atoms with Crippen LogP contribution in [0.3, 0.4) is 0 Å². The van der Waals surface area contributed by atoms with Crippen LogP contribution >= 0.6 is 0 Å². The molecule has 3 unspecified atom stereocenters. The van der Waals surface area contributed by atoms with E-state index >= 15 is 0 Å². The Hall–Kier alpha value is -0.170. The van der Waals surface area contributed by atoms with E-state index in [1.54, 1.807) is 0 Å². The lowest BCUT2D eigenvalue weighted by atomic mass is 9.71. The number of hydroxylamine groups is 2. The zero-order chi connectivity index (χ0) is 13.1. The molecule has 3 aliphatic rings. The normalized spacial score (nSPS) is 38.5. The molecule has 3 atom stereocenters. The molecule has 0 aromatic rings. The van der Waals surface area contributed by atoms with Crippen molar-refractivity contribution in [3.8, 4) is 0 Å². The Morgan fingerprint density at radius 1 is 1.35 bits per heavy atom. The third-order valence-electron chi connectivity index (χ3n) is 3.67. The first-order valence-electron chi connectivity index (χ1n) is 5.85. The molecule has 3 saturated heterocycles. The average molecular weight is 263 g/mol. The molecule has 0 radical (unpaired) electrons. The van der Waals surface area contributed by atoms with Gasteiger partial charge in [-0.3, -0.25) is 9.02 Å². The third kappa shape index (κ3) is 2.23. The Morgan fingerprint density at radius 2 is 1.94 bits per heavy atom. The summed E-state index contributed by atoms with van der Waals surface area (Å²) >= 11 is 0. The van der Waals surface area contributed by atoms with Gasteiger partial charge in [-0.2, -0.15) is 13.5 Å². The summed E-state index contributed by atoms with van der Waals surface area (Å²) in [5, 5.41) is 2.02. The van der Waals surface area contributed by atoms with Gasteiger partial charge in [0.25, 0.3) is 10.1 Å². The van der Waals surface area contributed by atoms with Gasteiger partial charge in [0.1, 0.15) is 6.10 Å². The van der Waals surface area contributed by atoms with E-state index < -0.39 is 10.1 Å². The number of fused-ring (bicyclic) bond motifs is 2. The summed E-state index contributed by atoms with van der Waals surface area (Å²) in [4.78, 5) is 5.74. The summed E-state index contributed by atoms with van der Waals surface area (Å²) in [7, 11) is -3.37. The summed E-state index contributed by atoms with van der Waals surface area (Å²) in [6, 6.07) is 0. The van der Waals surface area contributed by atoms with Crippen molar-refractivity contribution >= 4 is 10.1 Å². The highest BCUT2D eigenvalue weighted by Gasteiger charge is 2.62. The van der Waals surface area contributed by atoms with Gasteiger partial charge in [-0.1, -0.05) is 0 Å². The molecule has 2 bridgehead atoms. The summed E-state index contributed by atoms with van der Waals surface area (Å²) < 4.78 is 27.0. The van der Waals surface area contributed by atoms with E-state index in [4.69, 9.17) is 9.02 Å². The van der Waals surface area contributed by atoms with Gasteiger partial charge in [0.05, 0.1) is 18.4 Å². The van der Waals surface area contributed by atoms with Gasteiger partial charge in [-0.05, 0) is 34.1 Å². The maximum atomic E-state index is 11.0. The third-order valence-corrected chi connectivity index (χ3v) is 4.24. The minimum absolute atomic E-state index is 0.0483. The zero-order valence-electron chi connectivity index (χ0n) is 11.1. The predicted molar refractivity (Wildman–Crippen MR) is 63.8 cm³/mol. The number of rotatable bonds is 3. The van der Waals surface area contributed by atoms with Crippen molar-refractivity contribution in [1.29, 1.82) is 0 Å². The Kier molecular flexibility index (Phi) is 2.86. The topological polar surface area (TPSA) is 55.8 Å². The second kappa shape index (κ2) is 3.66. The fourth-order valence-electron chi connectivity index (χ4n) is 3.22. The van der Waals surface area contributed by atoms with Crippen molar-refractivity contribution in [2.45, 2.75) is 51.3 Å². The van der Waals surface area contributed by atoms with Crippen LogP contribution in [-0.4, -0.2) is 43.5 Å². The van der Waals surface area contributed by atoms with Crippen molar-refractivity contribution in [3.63, 3.8) is 0 Å². The fraction of sp³-hybridized carbons (Fsp3) is 1.00. The number of piperidine rings is 1. The van der Waals surface area contributed by atoms with Gasteiger partial charge in [-0.25, -0.2) is 0 Å². The first kappa shape index (κ1) is 13.3. The molecule has 17 heavy (non-hydrogen) atoms. The molecule has 5 nitrogen and oxygen atoms in total. The van der Waals surface area contributed by atoms with Crippen LogP contribution in [0, 0.1) is 5.92 Å². The monoisotopic (exact) mass is 263 g/mol. The van der Waals surface area contributed by atoms with Crippen molar-refractivity contribution in [2.24, 2.45) is 5.92 Å². The molecule has 3 aliphatic heterocycles. The average Bonchev–Trinajstić information content (AvgIpc) is 2.10. The van der Waals surface area contributed by atoms with Crippen LogP contribution in [0.5, 0.6) is 0 Å². The van der Waals surface area contributed by atoms with Gasteiger partial charge in [0, 0.05) is 11.5 Å². The standard InChI is InChI=1S/C11H21NO4S/c1-10(2)6-8(7-15-17(5,13)14)9-11(3,4)12(10)16-9/h8-9H,6-7H2,1-5H3. The number of hydrogen-bond donors (Lipinski definition) is 0. The molecule has 0 N–H and O–H groups in total. The molecule has 3 rings (SSSR count). The summed E-state index contributed by atoms with van der Waals surface area (Å²) in [6.45, 7) is 8.67. The van der Waals surface area contributed by atoms with Crippen LogP contribution in [0.4, 0.5) is 0 Å². The molecule has 3 fully saturated rings. The summed E-state index contributed by atoms with van der Waals surface area (Å²) in [5.41, 5.74) is -0.128. The molecule has 0 aromatic heterocycles. The Bertz CT molecular complexity index is 407. The highest BCUT2D eigenvalue weighted by atomic mass is 32.2. The van der Waals surface area contributed by atoms with Crippen LogP contribution in [0.25, 0.3) is 0 Å². The largest absolute Gasteiger partial charge is 0.292 e. The molecule has 100 valence electrons. The van der Waals surface area contributed by atoms with Crippen LogP contribution in [0.2, 0.25) is 0 Å². The molecule has 0 saturated carbocycles. The fourth-order valence-corrected chi connectivity index (χ4v) is 3.64. The molecule has 6 heteroatoms. The van der Waals surface area contributed by atoms with E-state index in [-0.39, 0.29) is 29.7 Å². The maximum absolute atomic E-state index is 11.0. The Balaban J connectivity index is 2.09. The number of hydrogen-bond acceptors (Lipinski definition) is 5. The van der Waals surface area contributed by atoms with Crippen molar-refractivity contribution < 1.29 is 17.4 Å². The lowest BCUT2D eigenvalue weighted by Gasteiger charge is -2.66. The van der Waals surface area contributed by atoms with Gasteiger partial charge in [0.15, 0.2) is 0 Å². The SMILES string of the molecule is CC1(C)CC(COS(C)(=O)=O)C2ON1C2(C)C. The van der Waals surface area contributed by atoms with E-state index in [0.717, 1.165) is 12.7 Å². The predicted octanol–water partition coefficient (Wildman–Crippen LogP) is 1.16. The maximum Gasteiger partial charge on any atom is 0.264 e. The quantitative estimate of drug-likeness (QED) is 0.715. The van der Waals surface area contributed by atoms with E-state index in [9.17, 15) is 8.42 Å². The van der Waals surface area contributed by atoms with Gasteiger partial charge in [0.2, 0.25) is 0 Å². The number of nitrogens with zero attached hydrogens (tertiary/aromatic N) is 1. The van der Waals surface area contributed by atoms with Crippen LogP contribution in [0.15, 0.2) is 0 Å². The van der Waals surface area contributed by atoms with E-state index in [1.165, 1.54) is 0 Å². The van der Waals surface area contributed by atoms with Crippen molar-refractivity contribution in [3.05, 3.63) is 0 Å². The van der Waals surface area contributed by atoms with Crippen molar-refractivity contribution in [2.75, 3.05) is 12.9 Å². The van der Waals surface area contributed by atoms with Gasteiger partial charge in [-0.15, -0.1) is 0 Å². The van der Waals surface area contributed by atoms with E-state index in [0.29, 0.717) is 0 Å². The Morgan fingerprint density at radius 3 is 2.35 bits per heavy atom. The molecular formula is C11H21NO4S. The van der Waals surface area contributed by atoms with Crippen LogP contribution in [0.1, 0.15) is 34.1 Å². The molecule has 0 amide bonds. The highest BCUT2D eigenvalue weighted by Crippen LogP contribution is 2.51. The second-order valence-electron chi connectivity index (χ2n) is 6.24. The van der Waals surface area contributed by atoms with Gasteiger partial charge < -0.3 is 0 Å². The lowest BCUT2D eigenvalue weighted by Crippen LogP contribution is -2.78. The zero-order valence-corrected chi connectivity index (χ0v) is 11.9. The first-order valence-corrected chi connectivity index (χ1v) is 7.67. The Labute approximate surface area is 103 Å². The van der Waals surface area contributed by atoms with Crippen LogP contribution < -0.4 is 0 Å². The van der Waals surface area contributed by atoms with E-state index in [2.05, 4.69) is 27.7 Å². The molecular weight excluding hydrogens is 242 g/mol. The molecule has 0 spiro atoms. The minimum atomic E-state index is -3.37. The molecule has 0 aromatic carbocycles. The van der Waals surface area contributed by atoms with Gasteiger partial charge >= 0.3 is 0 Å². The minimum Gasteiger partial charge on any atom is -0.292 e. The van der Waals surface area contributed by atoms with Crippen LogP contribution in [-0.2, 0) is 19.1 Å².